The van der Waals surface area contributed by atoms with Gasteiger partial charge in [-0.1, -0.05) is 12.7 Å². The molecule has 0 aromatic carbocycles. The predicted octanol–water partition coefficient (Wildman–Crippen LogP) is -0.207. The van der Waals surface area contributed by atoms with E-state index in [0.717, 1.165) is 0 Å². The molecule has 3 heteroatoms. The van der Waals surface area contributed by atoms with E-state index in [4.69, 9.17) is 5.73 Å². The molecule has 0 heterocycles. The van der Waals surface area contributed by atoms with Gasteiger partial charge in [0, 0.05) is 0 Å². The first-order chi connectivity index (χ1) is 3.31. The number of aliphatic imine (C=N–C) groups is 1. The fourth-order valence-corrected chi connectivity index (χ4v) is 0.114. The third-order valence-electron chi connectivity index (χ3n) is 0.443. The van der Waals surface area contributed by atoms with Crippen LogP contribution >= 0.6 is 0 Å². The van der Waals surface area contributed by atoms with Crippen LogP contribution in [0.4, 0.5) is 0 Å². The van der Waals surface area contributed by atoms with Crippen LogP contribution in [0.15, 0.2) is 17.6 Å². The molecule has 0 saturated heterocycles. The summed E-state index contributed by atoms with van der Waals surface area (Å²) >= 11 is 0. The van der Waals surface area contributed by atoms with Crippen LogP contribution in [0.1, 0.15) is 0 Å². The Bertz CT molecular complexity index is 104. The standard InChI is InChI=1S/C4H6N2O/c1-2-4(5)6-3-7/h2,4H,1,5H2. The smallest absolute Gasteiger partial charge is 0.236 e. The number of carbonyl (C=O) groups excluding carboxylic acids is 1. The molecule has 0 aromatic heterocycles. The summed E-state index contributed by atoms with van der Waals surface area (Å²) in [6.07, 6.45) is 2.06. The Hall–Kier alpha value is -0.920. The van der Waals surface area contributed by atoms with E-state index in [-0.39, 0.29) is 0 Å². The fourth-order valence-electron chi connectivity index (χ4n) is 0.114. The van der Waals surface area contributed by atoms with Crippen molar-refractivity contribution in [2.24, 2.45) is 10.7 Å². The molecule has 0 aliphatic carbocycles. The Morgan fingerprint density at radius 1 is 2.00 bits per heavy atom. The number of hydrogen-bond acceptors (Lipinski definition) is 3. The number of rotatable bonds is 2. The van der Waals surface area contributed by atoms with E-state index in [1.54, 1.807) is 0 Å². The Kier molecular flexibility index (Phi) is 2.85. The molecule has 0 aliphatic heterocycles. The summed E-state index contributed by atoms with van der Waals surface area (Å²) in [7, 11) is 0. The molecule has 0 spiro atoms. The summed E-state index contributed by atoms with van der Waals surface area (Å²) < 4.78 is 0. The van der Waals surface area contributed by atoms with Crippen LogP contribution < -0.4 is 5.73 Å². The van der Waals surface area contributed by atoms with Gasteiger partial charge in [-0.3, -0.25) is 0 Å². The minimum atomic E-state index is -0.586. The lowest BCUT2D eigenvalue weighted by molar-refractivity contribution is 0.561. The van der Waals surface area contributed by atoms with Gasteiger partial charge in [0.1, 0.15) is 6.17 Å². The van der Waals surface area contributed by atoms with Gasteiger partial charge in [-0.05, 0) is 0 Å². The van der Waals surface area contributed by atoms with Crippen LogP contribution in [0.3, 0.4) is 0 Å². The lowest BCUT2D eigenvalue weighted by Crippen LogP contribution is -2.11. The molecule has 1 unspecified atom stereocenters. The minimum Gasteiger partial charge on any atom is -0.306 e. The van der Waals surface area contributed by atoms with Crippen LogP contribution in [0.2, 0.25) is 0 Å². The van der Waals surface area contributed by atoms with Crippen molar-refractivity contribution in [3.05, 3.63) is 12.7 Å². The van der Waals surface area contributed by atoms with E-state index < -0.39 is 6.17 Å². The van der Waals surface area contributed by atoms with Gasteiger partial charge in [-0.25, -0.2) is 4.79 Å². The molecule has 1 atom stereocenters. The van der Waals surface area contributed by atoms with E-state index in [9.17, 15) is 4.79 Å². The molecule has 2 N–H and O–H groups in total. The number of nitrogens with zero attached hydrogens (tertiary/aromatic N) is 1. The first-order valence-electron chi connectivity index (χ1n) is 1.76. The lowest BCUT2D eigenvalue weighted by atomic mass is 10.5. The van der Waals surface area contributed by atoms with Gasteiger partial charge in [-0.2, -0.15) is 4.99 Å². The second-order valence-electron chi connectivity index (χ2n) is 0.947. The summed E-state index contributed by atoms with van der Waals surface area (Å²) in [5.41, 5.74) is 5.04. The van der Waals surface area contributed by atoms with Gasteiger partial charge in [-0.15, -0.1) is 0 Å². The largest absolute Gasteiger partial charge is 0.306 e. The van der Waals surface area contributed by atoms with Gasteiger partial charge < -0.3 is 5.73 Å². The number of isocyanates is 1. The van der Waals surface area contributed by atoms with E-state index in [1.165, 1.54) is 12.2 Å². The Morgan fingerprint density at radius 3 is 2.71 bits per heavy atom. The highest BCUT2D eigenvalue weighted by Gasteiger charge is 1.83. The van der Waals surface area contributed by atoms with Gasteiger partial charge >= 0.3 is 0 Å². The van der Waals surface area contributed by atoms with Gasteiger partial charge in [0.2, 0.25) is 6.08 Å². The van der Waals surface area contributed by atoms with E-state index in [0.29, 0.717) is 0 Å². The molecule has 0 aromatic rings. The Morgan fingerprint density at radius 2 is 2.57 bits per heavy atom. The average molecular weight is 98.1 g/mol. The summed E-state index contributed by atoms with van der Waals surface area (Å²) in [5, 5.41) is 0. The zero-order valence-corrected chi connectivity index (χ0v) is 3.79. The van der Waals surface area contributed by atoms with E-state index in [2.05, 4.69) is 11.6 Å². The molecule has 0 amide bonds. The molecule has 3 nitrogen and oxygen atoms in total. The van der Waals surface area contributed by atoms with Crippen LogP contribution in [0.5, 0.6) is 0 Å². The van der Waals surface area contributed by atoms with Crippen molar-refractivity contribution < 1.29 is 4.79 Å². The molecule has 0 saturated carbocycles. The highest BCUT2D eigenvalue weighted by atomic mass is 16.1. The third-order valence-corrected chi connectivity index (χ3v) is 0.443. The zero-order chi connectivity index (χ0) is 5.70. The summed E-state index contributed by atoms with van der Waals surface area (Å²) in [5.74, 6) is 0. The maximum absolute atomic E-state index is 9.35. The van der Waals surface area contributed by atoms with Crippen molar-refractivity contribution in [3.63, 3.8) is 0 Å². The quantitative estimate of drug-likeness (QED) is 0.295. The van der Waals surface area contributed by atoms with Gasteiger partial charge in [0.05, 0.1) is 0 Å². The number of nitrogens with two attached hydrogens (primary N) is 1. The fraction of sp³-hybridized carbons (Fsp3) is 0.250. The monoisotopic (exact) mass is 98.0 g/mol. The van der Waals surface area contributed by atoms with Crippen LogP contribution in [-0.4, -0.2) is 12.2 Å². The molecule has 0 aliphatic rings. The third kappa shape index (κ3) is 2.89. The normalized spacial score (nSPS) is 11.6. The highest BCUT2D eigenvalue weighted by molar-refractivity contribution is 5.33. The molecule has 0 bridgehead atoms. The second kappa shape index (κ2) is 3.28. The summed E-state index contributed by atoms with van der Waals surface area (Å²) in [4.78, 5) is 12.5. The second-order valence-corrected chi connectivity index (χ2v) is 0.947. The van der Waals surface area contributed by atoms with Crippen molar-refractivity contribution in [1.82, 2.24) is 0 Å². The zero-order valence-electron chi connectivity index (χ0n) is 3.79. The average Bonchev–Trinajstić information content (AvgIpc) is 1.68. The van der Waals surface area contributed by atoms with Crippen LogP contribution in [-0.2, 0) is 4.79 Å². The highest BCUT2D eigenvalue weighted by Crippen LogP contribution is 1.74. The van der Waals surface area contributed by atoms with E-state index >= 15 is 0 Å². The van der Waals surface area contributed by atoms with Crippen LogP contribution in [0.25, 0.3) is 0 Å². The Balaban J connectivity index is 3.56. The topological polar surface area (TPSA) is 55.4 Å². The van der Waals surface area contributed by atoms with Crippen molar-refractivity contribution in [1.29, 1.82) is 0 Å². The molecular weight excluding hydrogens is 92.1 g/mol. The maximum atomic E-state index is 9.35. The maximum Gasteiger partial charge on any atom is 0.236 e. The summed E-state index contributed by atoms with van der Waals surface area (Å²) in [6, 6.07) is 0. The SMILES string of the molecule is C=CC(N)N=C=O. The molecule has 38 valence electrons. The molecule has 0 radical (unpaired) electrons. The van der Waals surface area contributed by atoms with E-state index in [1.807, 2.05) is 0 Å². The van der Waals surface area contributed by atoms with Crippen molar-refractivity contribution in [2.75, 3.05) is 0 Å². The van der Waals surface area contributed by atoms with Crippen LogP contribution in [0, 0.1) is 0 Å². The van der Waals surface area contributed by atoms with Crippen molar-refractivity contribution in [2.45, 2.75) is 6.17 Å². The van der Waals surface area contributed by atoms with Crippen molar-refractivity contribution >= 4 is 6.08 Å². The molecule has 0 fully saturated rings. The predicted molar refractivity (Wildman–Crippen MR) is 26.3 cm³/mol. The minimum absolute atomic E-state index is 0.586. The van der Waals surface area contributed by atoms with Crippen molar-refractivity contribution in [3.8, 4) is 0 Å². The molecular formula is C4H6N2O. The molecule has 7 heavy (non-hydrogen) atoms. The first kappa shape index (κ1) is 6.08. The summed E-state index contributed by atoms with van der Waals surface area (Å²) in [6.45, 7) is 3.28. The van der Waals surface area contributed by atoms with Gasteiger partial charge in [0.15, 0.2) is 0 Å². The Labute approximate surface area is 41.5 Å². The molecule has 0 rings (SSSR count). The first-order valence-corrected chi connectivity index (χ1v) is 1.76. The van der Waals surface area contributed by atoms with Gasteiger partial charge in [0.25, 0.3) is 0 Å². The number of hydrogen-bond donors (Lipinski definition) is 1. The lowest BCUT2D eigenvalue weighted by Gasteiger charge is -1.87.